The molecule has 0 unspecified atom stereocenters. The fourth-order valence-corrected chi connectivity index (χ4v) is 1.67. The van der Waals surface area contributed by atoms with Gasteiger partial charge in [0.2, 0.25) is 0 Å². The maximum Gasteiger partial charge on any atom is 0.121 e. The summed E-state index contributed by atoms with van der Waals surface area (Å²) in [5.74, 6) is 0.240. The smallest absolute Gasteiger partial charge is 0.121 e. The van der Waals surface area contributed by atoms with E-state index in [2.05, 4.69) is 15.9 Å². The Morgan fingerprint density at radius 3 is 2.60 bits per heavy atom. The molecule has 5 heteroatoms. The van der Waals surface area contributed by atoms with E-state index in [0.29, 0.717) is 6.54 Å². The first-order chi connectivity index (χ1) is 6.65. The standard InChI is InChI=1S/C10H15BrN2O.ClH/c11-7-3-4-8(10(14)6-7)9(13)2-1-5-12;/h3-4,6,9,14H,1-2,5,12-13H2;1H/t9-;/m1./s1. The predicted octanol–water partition coefficient (Wildman–Crippen LogP) is 2.32. The molecule has 0 bridgehead atoms. The van der Waals surface area contributed by atoms with Gasteiger partial charge in [-0.15, -0.1) is 12.4 Å². The molecule has 5 N–H and O–H groups in total. The van der Waals surface area contributed by atoms with Gasteiger partial charge in [-0.1, -0.05) is 22.0 Å². The number of hydrogen-bond acceptors (Lipinski definition) is 3. The van der Waals surface area contributed by atoms with Crippen LogP contribution in [0.4, 0.5) is 0 Å². The molecule has 0 radical (unpaired) electrons. The topological polar surface area (TPSA) is 72.3 Å². The van der Waals surface area contributed by atoms with E-state index in [1.807, 2.05) is 12.1 Å². The lowest BCUT2D eigenvalue weighted by Gasteiger charge is -2.13. The highest BCUT2D eigenvalue weighted by molar-refractivity contribution is 9.10. The molecule has 1 aromatic carbocycles. The third-order valence-corrected chi connectivity index (χ3v) is 2.60. The Labute approximate surface area is 104 Å². The highest BCUT2D eigenvalue weighted by atomic mass is 79.9. The number of aromatic hydroxyl groups is 1. The highest BCUT2D eigenvalue weighted by Gasteiger charge is 2.10. The van der Waals surface area contributed by atoms with Crippen LogP contribution in [0.5, 0.6) is 5.75 Å². The van der Waals surface area contributed by atoms with Gasteiger partial charge in [0, 0.05) is 16.1 Å². The Bertz CT molecular complexity index is 309. The second-order valence-electron chi connectivity index (χ2n) is 3.24. The first-order valence-corrected chi connectivity index (χ1v) is 5.38. The zero-order valence-electron chi connectivity index (χ0n) is 8.32. The average molecular weight is 296 g/mol. The molecule has 3 nitrogen and oxygen atoms in total. The second-order valence-corrected chi connectivity index (χ2v) is 4.16. The van der Waals surface area contributed by atoms with Crippen LogP contribution >= 0.6 is 28.3 Å². The Morgan fingerprint density at radius 1 is 1.40 bits per heavy atom. The van der Waals surface area contributed by atoms with Crippen molar-refractivity contribution < 1.29 is 5.11 Å². The molecular weight excluding hydrogens is 279 g/mol. The van der Waals surface area contributed by atoms with Gasteiger partial charge < -0.3 is 16.6 Å². The molecule has 0 heterocycles. The lowest BCUT2D eigenvalue weighted by Crippen LogP contribution is -2.12. The van der Waals surface area contributed by atoms with Crippen LogP contribution in [-0.2, 0) is 0 Å². The van der Waals surface area contributed by atoms with E-state index in [9.17, 15) is 5.11 Å². The highest BCUT2D eigenvalue weighted by Crippen LogP contribution is 2.28. The summed E-state index contributed by atoms with van der Waals surface area (Å²) in [4.78, 5) is 0. The van der Waals surface area contributed by atoms with Crippen molar-refractivity contribution in [2.24, 2.45) is 11.5 Å². The van der Waals surface area contributed by atoms with E-state index < -0.39 is 0 Å². The van der Waals surface area contributed by atoms with Gasteiger partial charge in [-0.3, -0.25) is 0 Å². The zero-order chi connectivity index (χ0) is 10.6. The van der Waals surface area contributed by atoms with Gasteiger partial charge in [0.15, 0.2) is 0 Å². The van der Waals surface area contributed by atoms with Crippen molar-refractivity contribution >= 4 is 28.3 Å². The van der Waals surface area contributed by atoms with Gasteiger partial charge in [-0.25, -0.2) is 0 Å². The van der Waals surface area contributed by atoms with Crippen molar-refractivity contribution in [3.05, 3.63) is 28.2 Å². The summed E-state index contributed by atoms with van der Waals surface area (Å²) in [6.45, 7) is 0.630. The van der Waals surface area contributed by atoms with Crippen LogP contribution in [0.25, 0.3) is 0 Å². The van der Waals surface area contributed by atoms with Crippen LogP contribution in [0.1, 0.15) is 24.4 Å². The minimum Gasteiger partial charge on any atom is -0.508 e. The zero-order valence-corrected chi connectivity index (χ0v) is 10.7. The number of phenols is 1. The maximum absolute atomic E-state index is 9.62. The van der Waals surface area contributed by atoms with Crippen LogP contribution < -0.4 is 11.5 Å². The van der Waals surface area contributed by atoms with Crippen LogP contribution in [0.2, 0.25) is 0 Å². The normalized spacial score (nSPS) is 11.9. The van der Waals surface area contributed by atoms with E-state index in [1.54, 1.807) is 6.07 Å². The fraction of sp³-hybridized carbons (Fsp3) is 0.400. The van der Waals surface area contributed by atoms with Gasteiger partial charge in [0.1, 0.15) is 5.75 Å². The molecule has 1 atom stereocenters. The van der Waals surface area contributed by atoms with Crippen LogP contribution in [-0.4, -0.2) is 11.7 Å². The van der Waals surface area contributed by atoms with Gasteiger partial charge in [0.05, 0.1) is 0 Å². The van der Waals surface area contributed by atoms with Crippen LogP contribution in [0.15, 0.2) is 22.7 Å². The molecule has 0 amide bonds. The minimum atomic E-state index is -0.133. The number of benzene rings is 1. The third-order valence-electron chi connectivity index (χ3n) is 2.11. The lowest BCUT2D eigenvalue weighted by atomic mass is 10.0. The van der Waals surface area contributed by atoms with E-state index in [1.165, 1.54) is 0 Å². The summed E-state index contributed by atoms with van der Waals surface area (Å²) in [7, 11) is 0. The van der Waals surface area contributed by atoms with Crippen molar-refractivity contribution in [3.63, 3.8) is 0 Å². The molecule has 0 aromatic heterocycles. The molecular formula is C10H16BrClN2O. The molecule has 15 heavy (non-hydrogen) atoms. The number of rotatable bonds is 4. The van der Waals surface area contributed by atoms with E-state index >= 15 is 0 Å². The molecule has 0 saturated heterocycles. The van der Waals surface area contributed by atoms with Crippen molar-refractivity contribution in [2.75, 3.05) is 6.54 Å². The molecule has 0 fully saturated rings. The number of hydrogen-bond donors (Lipinski definition) is 3. The maximum atomic E-state index is 9.62. The van der Waals surface area contributed by atoms with Gasteiger partial charge in [-0.05, 0) is 31.5 Å². The molecule has 1 aromatic rings. The predicted molar refractivity (Wildman–Crippen MR) is 68.3 cm³/mol. The first kappa shape index (κ1) is 14.7. The Hall–Kier alpha value is -0.290. The number of phenolic OH excluding ortho intramolecular Hbond substituents is 1. The molecule has 0 saturated carbocycles. The van der Waals surface area contributed by atoms with E-state index in [-0.39, 0.29) is 24.2 Å². The van der Waals surface area contributed by atoms with Gasteiger partial charge in [-0.2, -0.15) is 0 Å². The second kappa shape index (κ2) is 7.06. The number of nitrogens with two attached hydrogens (primary N) is 2. The molecule has 86 valence electrons. The van der Waals surface area contributed by atoms with Crippen LogP contribution in [0, 0.1) is 0 Å². The first-order valence-electron chi connectivity index (χ1n) is 4.59. The van der Waals surface area contributed by atoms with Crippen molar-refractivity contribution in [2.45, 2.75) is 18.9 Å². The Morgan fingerprint density at radius 2 is 2.07 bits per heavy atom. The monoisotopic (exact) mass is 294 g/mol. The molecule has 0 aliphatic rings. The summed E-state index contributed by atoms with van der Waals surface area (Å²) in [6.07, 6.45) is 1.67. The van der Waals surface area contributed by atoms with Crippen molar-refractivity contribution in [3.8, 4) is 5.75 Å². The van der Waals surface area contributed by atoms with Gasteiger partial charge >= 0.3 is 0 Å². The quantitative estimate of drug-likeness (QED) is 0.798. The summed E-state index contributed by atoms with van der Waals surface area (Å²) in [5.41, 5.74) is 12.1. The number of halogens is 2. The summed E-state index contributed by atoms with van der Waals surface area (Å²) >= 11 is 3.28. The summed E-state index contributed by atoms with van der Waals surface area (Å²) < 4.78 is 0.852. The van der Waals surface area contributed by atoms with Crippen LogP contribution in [0.3, 0.4) is 0 Å². The fourth-order valence-electron chi connectivity index (χ4n) is 1.32. The minimum absolute atomic E-state index is 0. The van der Waals surface area contributed by atoms with Gasteiger partial charge in [0.25, 0.3) is 0 Å². The molecule has 1 rings (SSSR count). The van der Waals surface area contributed by atoms with Crippen molar-refractivity contribution in [1.29, 1.82) is 0 Å². The SMILES string of the molecule is Cl.NCCC[C@@H](N)c1ccc(Br)cc1O. The Kier molecular flexibility index (Phi) is 6.92. The third kappa shape index (κ3) is 4.38. The Balaban J connectivity index is 0.00000196. The average Bonchev–Trinajstić information content (AvgIpc) is 2.14. The molecule has 0 aliphatic carbocycles. The lowest BCUT2D eigenvalue weighted by molar-refractivity contribution is 0.457. The van der Waals surface area contributed by atoms with Crippen molar-refractivity contribution in [1.82, 2.24) is 0 Å². The molecule has 0 spiro atoms. The largest absolute Gasteiger partial charge is 0.508 e. The van der Waals surface area contributed by atoms with E-state index in [0.717, 1.165) is 22.9 Å². The summed E-state index contributed by atoms with van der Waals surface area (Å²) in [5, 5.41) is 9.62. The van der Waals surface area contributed by atoms with E-state index in [4.69, 9.17) is 11.5 Å². The summed E-state index contributed by atoms with van der Waals surface area (Å²) in [6, 6.07) is 5.22. The molecule has 0 aliphatic heterocycles.